The second-order valence-corrected chi connectivity index (χ2v) is 15.7. The minimum Gasteiger partial charge on any atom is -0.357 e. The van der Waals surface area contributed by atoms with Crippen LogP contribution in [0.2, 0.25) is 0 Å². The van der Waals surface area contributed by atoms with Crippen molar-refractivity contribution >= 4 is 49.9 Å². The fourth-order valence-electron chi connectivity index (χ4n) is 9.07. The molecule has 0 aliphatic heterocycles. The van der Waals surface area contributed by atoms with Gasteiger partial charge in [-0.05, 0) is 94.1 Å². The van der Waals surface area contributed by atoms with Gasteiger partial charge in [0, 0.05) is 67.4 Å². The van der Waals surface area contributed by atoms with Crippen LogP contribution in [0.4, 0.5) is 17.1 Å². The first-order valence-corrected chi connectivity index (χ1v) is 20.8. The van der Waals surface area contributed by atoms with E-state index in [9.17, 15) is 0 Å². The standard InChI is InChI=1S/C57H42N5.Pt/c1-39-17-14-18-40(2)57(39)61(45-24-15-23-44(36-45)60-38-59(3)52-29-12-13-30-53(52)60)46-31-32-50-49-25-10-11-28-51(49)62(54(50)37-46)55-35-43(33-34-58-55)56-47(41-19-6-4-7-20-41)26-16-27-48(56)42-21-8-5-9-22-42;/h4-35,38H,1-3H3;/q-1;/i3D3;. The molecule has 0 fully saturated rings. The molecule has 306 valence electrons. The molecule has 3 aromatic heterocycles. The Kier molecular flexibility index (Phi) is 9.52. The van der Waals surface area contributed by atoms with Gasteiger partial charge < -0.3 is 9.47 Å². The van der Waals surface area contributed by atoms with Crippen molar-refractivity contribution in [2.24, 2.45) is 6.98 Å². The summed E-state index contributed by atoms with van der Waals surface area (Å²) in [7, 11) is 0. The fourth-order valence-corrected chi connectivity index (χ4v) is 9.07. The summed E-state index contributed by atoms with van der Waals surface area (Å²) >= 11 is 0. The van der Waals surface area contributed by atoms with E-state index in [1.165, 1.54) is 4.57 Å². The molecule has 0 aliphatic carbocycles. The number of rotatable bonds is 8. The van der Waals surface area contributed by atoms with Crippen LogP contribution in [0, 0.1) is 26.0 Å². The Labute approximate surface area is 386 Å². The summed E-state index contributed by atoms with van der Waals surface area (Å²) in [5.74, 6) is 0.776. The van der Waals surface area contributed by atoms with Crippen LogP contribution in [-0.2, 0) is 28.0 Å². The summed E-state index contributed by atoms with van der Waals surface area (Å²) < 4.78 is 30.4. The summed E-state index contributed by atoms with van der Waals surface area (Å²) in [6, 6.07) is 72.3. The smallest absolute Gasteiger partial charge is 0.188 e. The molecular formula is C57H42N5Pt-. The maximum Gasteiger partial charge on any atom is 0.188 e. The van der Waals surface area contributed by atoms with Gasteiger partial charge in [0.2, 0.25) is 0 Å². The van der Waals surface area contributed by atoms with Gasteiger partial charge in [-0.3, -0.25) is 0 Å². The predicted octanol–water partition coefficient (Wildman–Crippen LogP) is 14.4. The molecule has 0 saturated heterocycles. The second kappa shape index (κ2) is 16.5. The van der Waals surface area contributed by atoms with E-state index in [-0.39, 0.29) is 21.1 Å². The molecule has 11 aromatic rings. The molecule has 5 nitrogen and oxygen atoms in total. The van der Waals surface area contributed by atoms with Gasteiger partial charge in [0.1, 0.15) is 5.82 Å². The largest absolute Gasteiger partial charge is 0.357 e. The molecule has 3 heterocycles. The molecule has 0 unspecified atom stereocenters. The number of hydrogen-bond acceptors (Lipinski definition) is 2. The molecule has 11 rings (SSSR count). The molecule has 0 radical (unpaired) electrons. The van der Waals surface area contributed by atoms with Crippen molar-refractivity contribution in [1.29, 1.82) is 0 Å². The van der Waals surface area contributed by atoms with Gasteiger partial charge in [-0.25, -0.2) is 14.1 Å². The summed E-state index contributed by atoms with van der Waals surface area (Å²) in [6.45, 7) is 1.89. The van der Waals surface area contributed by atoms with Gasteiger partial charge in [0.05, 0.1) is 0 Å². The van der Waals surface area contributed by atoms with E-state index < -0.39 is 6.98 Å². The number of nitrogens with zero attached hydrogens (tertiary/aromatic N) is 5. The Morgan fingerprint density at radius 2 is 1.17 bits per heavy atom. The second-order valence-electron chi connectivity index (χ2n) is 15.7. The van der Waals surface area contributed by atoms with Crippen LogP contribution in [0.15, 0.2) is 201 Å². The number of pyridine rings is 1. The van der Waals surface area contributed by atoms with Gasteiger partial charge in [0.15, 0.2) is 17.4 Å². The van der Waals surface area contributed by atoms with Crippen LogP contribution in [0.25, 0.3) is 77.7 Å². The van der Waals surface area contributed by atoms with Gasteiger partial charge >= 0.3 is 0 Å². The van der Waals surface area contributed by atoms with E-state index in [0.29, 0.717) is 11.2 Å². The zero-order chi connectivity index (χ0) is 44.2. The Bertz CT molecular complexity index is 3500. The molecule has 0 amide bonds. The number of imidazole rings is 1. The Hall–Kier alpha value is -7.33. The maximum atomic E-state index is 8.30. The van der Waals surface area contributed by atoms with Crippen LogP contribution in [0.5, 0.6) is 0 Å². The van der Waals surface area contributed by atoms with Crippen molar-refractivity contribution in [2.45, 2.75) is 13.8 Å². The van der Waals surface area contributed by atoms with Crippen LogP contribution in [0.1, 0.15) is 15.2 Å². The summed E-state index contributed by atoms with van der Waals surface area (Å²) in [6.07, 6.45) is 3.56. The predicted molar refractivity (Wildman–Crippen MR) is 257 cm³/mol. The van der Waals surface area contributed by atoms with Crippen LogP contribution in [-0.4, -0.2) is 18.7 Å². The summed E-state index contributed by atoms with van der Waals surface area (Å²) in [4.78, 5) is 7.31. The molecule has 0 N–H and O–H groups in total. The maximum absolute atomic E-state index is 8.30. The van der Waals surface area contributed by atoms with Crippen molar-refractivity contribution in [3.63, 3.8) is 0 Å². The van der Waals surface area contributed by atoms with E-state index in [1.54, 1.807) is 6.33 Å². The van der Waals surface area contributed by atoms with E-state index in [4.69, 9.17) is 9.10 Å². The molecule has 0 saturated carbocycles. The molecule has 0 spiro atoms. The molecule has 6 heteroatoms. The number of anilines is 3. The molecular weight excluding hydrogens is 950 g/mol. The first kappa shape index (κ1) is 36.3. The monoisotopic (exact) mass is 994 g/mol. The van der Waals surface area contributed by atoms with Crippen molar-refractivity contribution in [3.05, 3.63) is 224 Å². The quantitative estimate of drug-likeness (QED) is 0.142. The minimum atomic E-state index is -2.36. The van der Waals surface area contributed by atoms with E-state index in [2.05, 4.69) is 181 Å². The SMILES string of the molecule is [2H]C([2H])([2H])n1[cH+]n(-c2[c-]c(N(c3[c-]c4c(cc3)c3ccccc3n4-c3cc(-c4c(-c5ccccc5)cccc4-c4ccccc4)ccn3)c3c(C)cccc3C)ccc2)c2ccccc21.[Pt]. The minimum absolute atomic E-state index is 0. The third-order valence-electron chi connectivity index (χ3n) is 11.9. The Balaban J connectivity index is 0.00000511. The first-order chi connectivity index (χ1) is 31.7. The van der Waals surface area contributed by atoms with Crippen LogP contribution < -0.4 is 4.90 Å². The van der Waals surface area contributed by atoms with Crippen molar-refractivity contribution in [1.82, 2.24) is 18.7 Å². The van der Waals surface area contributed by atoms with Crippen molar-refractivity contribution in [3.8, 4) is 44.9 Å². The van der Waals surface area contributed by atoms with Crippen LogP contribution in [0.3, 0.4) is 0 Å². The average Bonchev–Trinajstić information content (AvgIpc) is 3.90. The number of hydrogen-bond donors (Lipinski definition) is 0. The van der Waals surface area contributed by atoms with Crippen LogP contribution >= 0.6 is 0 Å². The van der Waals surface area contributed by atoms with Crippen molar-refractivity contribution < 1.29 is 25.2 Å². The van der Waals surface area contributed by atoms with Crippen molar-refractivity contribution in [2.75, 3.05) is 4.90 Å². The number of para-hydroxylation sites is 4. The fraction of sp³-hybridized carbons (Fsp3) is 0.0526. The average molecular weight is 995 g/mol. The topological polar surface area (TPSA) is 30.9 Å². The molecule has 0 bridgehead atoms. The Morgan fingerprint density at radius 1 is 0.556 bits per heavy atom. The third kappa shape index (κ3) is 6.95. The molecule has 8 aromatic carbocycles. The number of fused-ring (bicyclic) bond motifs is 4. The molecule has 0 atom stereocenters. The van der Waals surface area contributed by atoms with Gasteiger partial charge in [-0.1, -0.05) is 138 Å². The number of aromatic nitrogens is 4. The molecule has 0 aliphatic rings. The summed E-state index contributed by atoms with van der Waals surface area (Å²) in [5, 5.41) is 2.15. The number of aryl methyl sites for hydroxylation is 3. The number of benzene rings is 8. The molecule has 63 heavy (non-hydrogen) atoms. The first-order valence-electron chi connectivity index (χ1n) is 22.3. The zero-order valence-corrected chi connectivity index (χ0v) is 36.9. The zero-order valence-electron chi connectivity index (χ0n) is 37.6. The summed E-state index contributed by atoms with van der Waals surface area (Å²) in [5.41, 5.74) is 15.5. The third-order valence-corrected chi connectivity index (χ3v) is 11.9. The van der Waals surface area contributed by atoms with E-state index in [1.807, 2.05) is 53.2 Å². The van der Waals surface area contributed by atoms with E-state index in [0.717, 1.165) is 94.7 Å². The van der Waals surface area contributed by atoms with Gasteiger partial charge in [-0.2, -0.15) is 12.1 Å². The van der Waals surface area contributed by atoms with E-state index >= 15 is 0 Å². The van der Waals surface area contributed by atoms with Gasteiger partial charge in [-0.15, -0.1) is 29.7 Å². The van der Waals surface area contributed by atoms with Gasteiger partial charge in [0.25, 0.3) is 0 Å². The normalized spacial score (nSPS) is 12.2. The Morgan fingerprint density at radius 3 is 1.89 bits per heavy atom.